The van der Waals surface area contributed by atoms with E-state index in [4.69, 9.17) is 15.0 Å². The van der Waals surface area contributed by atoms with Crippen molar-refractivity contribution in [1.29, 1.82) is 0 Å². The molecular weight excluding hydrogens is 374 g/mol. The molecule has 7 nitrogen and oxygen atoms in total. The van der Waals surface area contributed by atoms with Crippen LogP contribution in [0.5, 0.6) is 0 Å². The van der Waals surface area contributed by atoms with Crippen molar-refractivity contribution in [1.82, 2.24) is 15.0 Å². The van der Waals surface area contributed by atoms with Crippen LogP contribution >= 0.6 is 0 Å². The second kappa shape index (κ2) is 9.06. The Bertz CT molecular complexity index is 807. The second-order valence-corrected chi connectivity index (χ2v) is 8.77. The number of rotatable bonds is 5. The first-order valence-electron chi connectivity index (χ1n) is 11.7. The van der Waals surface area contributed by atoms with Crippen molar-refractivity contribution < 1.29 is 0 Å². The third-order valence-electron chi connectivity index (χ3n) is 6.54. The van der Waals surface area contributed by atoms with Crippen molar-refractivity contribution in [3.8, 4) is 0 Å². The van der Waals surface area contributed by atoms with E-state index in [1.54, 1.807) is 0 Å². The third kappa shape index (κ3) is 4.45. The van der Waals surface area contributed by atoms with Crippen molar-refractivity contribution in [2.24, 2.45) is 0 Å². The zero-order valence-electron chi connectivity index (χ0n) is 17.8. The van der Waals surface area contributed by atoms with E-state index >= 15 is 0 Å². The largest absolute Gasteiger partial charge is 0.380 e. The first-order chi connectivity index (χ1) is 14.8. The standard InChI is InChI=1S/C23H33N7/c1-5-13-29(14-6-1)22-26-21(27-23(28-22)30-15-7-2-8-16-30)24-17-19-12-11-18-9-3-4-10-20(18)25-19/h3-4,9-10,19,25H,1-2,5-8,11-17H2,(H,24,26,27,28). The van der Waals surface area contributed by atoms with Crippen molar-refractivity contribution in [3.05, 3.63) is 29.8 Å². The molecule has 0 bridgehead atoms. The van der Waals surface area contributed by atoms with Gasteiger partial charge in [-0.1, -0.05) is 18.2 Å². The molecule has 2 N–H and O–H groups in total. The Labute approximate surface area is 179 Å². The second-order valence-electron chi connectivity index (χ2n) is 8.77. The van der Waals surface area contributed by atoms with Crippen LogP contribution in [0.4, 0.5) is 23.5 Å². The lowest BCUT2D eigenvalue weighted by molar-refractivity contribution is 0.556. The fourth-order valence-electron chi connectivity index (χ4n) is 4.77. The number of nitrogens with zero attached hydrogens (tertiary/aromatic N) is 5. The third-order valence-corrected chi connectivity index (χ3v) is 6.54. The van der Waals surface area contributed by atoms with Crippen LogP contribution in [0.1, 0.15) is 50.5 Å². The number of benzene rings is 1. The van der Waals surface area contributed by atoms with Gasteiger partial charge in [0, 0.05) is 44.5 Å². The van der Waals surface area contributed by atoms with Gasteiger partial charge in [0.15, 0.2) is 0 Å². The van der Waals surface area contributed by atoms with E-state index in [1.807, 2.05) is 0 Å². The molecule has 7 heteroatoms. The van der Waals surface area contributed by atoms with Gasteiger partial charge >= 0.3 is 0 Å². The summed E-state index contributed by atoms with van der Waals surface area (Å²) in [5.74, 6) is 2.40. The average Bonchev–Trinajstić information content (AvgIpc) is 2.83. The van der Waals surface area contributed by atoms with Gasteiger partial charge < -0.3 is 20.4 Å². The van der Waals surface area contributed by atoms with Crippen LogP contribution in [-0.2, 0) is 6.42 Å². The molecule has 0 amide bonds. The molecule has 0 aliphatic carbocycles. The lowest BCUT2D eigenvalue weighted by atomic mass is 9.98. The molecular formula is C23H33N7. The zero-order chi connectivity index (χ0) is 20.2. The summed E-state index contributed by atoms with van der Waals surface area (Å²) in [6, 6.07) is 8.99. The van der Waals surface area contributed by atoms with E-state index < -0.39 is 0 Å². The molecule has 5 rings (SSSR count). The first-order valence-corrected chi connectivity index (χ1v) is 11.7. The fraction of sp³-hybridized carbons (Fsp3) is 0.609. The Morgan fingerprint density at radius 1 is 0.833 bits per heavy atom. The Hall–Kier alpha value is -2.57. The van der Waals surface area contributed by atoms with Gasteiger partial charge in [-0.2, -0.15) is 15.0 Å². The zero-order valence-corrected chi connectivity index (χ0v) is 17.8. The first kappa shape index (κ1) is 19.4. The number of fused-ring (bicyclic) bond motifs is 1. The van der Waals surface area contributed by atoms with Crippen LogP contribution in [0.25, 0.3) is 0 Å². The van der Waals surface area contributed by atoms with E-state index in [9.17, 15) is 0 Å². The van der Waals surface area contributed by atoms with Gasteiger partial charge in [-0.05, 0) is 63.0 Å². The van der Waals surface area contributed by atoms with Crippen molar-refractivity contribution in [2.45, 2.75) is 57.4 Å². The van der Waals surface area contributed by atoms with E-state index in [-0.39, 0.29) is 0 Å². The summed E-state index contributed by atoms with van der Waals surface area (Å²) >= 11 is 0. The molecule has 1 aromatic carbocycles. The maximum absolute atomic E-state index is 4.88. The number of anilines is 4. The molecule has 2 saturated heterocycles. The minimum Gasteiger partial charge on any atom is -0.380 e. The van der Waals surface area contributed by atoms with Gasteiger partial charge in [-0.15, -0.1) is 0 Å². The number of nitrogens with one attached hydrogen (secondary N) is 2. The predicted octanol–water partition coefficient (Wildman–Crippen LogP) is 3.69. The molecule has 4 heterocycles. The number of hydrogen-bond acceptors (Lipinski definition) is 7. The highest BCUT2D eigenvalue weighted by Crippen LogP contribution is 2.25. The monoisotopic (exact) mass is 407 g/mol. The summed E-state index contributed by atoms with van der Waals surface area (Å²) in [4.78, 5) is 19.2. The van der Waals surface area contributed by atoms with Crippen LogP contribution in [0.3, 0.4) is 0 Å². The van der Waals surface area contributed by atoms with Crippen LogP contribution in [0.2, 0.25) is 0 Å². The molecule has 0 saturated carbocycles. The number of aryl methyl sites for hydroxylation is 1. The highest BCUT2D eigenvalue weighted by Gasteiger charge is 2.21. The Kier molecular flexibility index (Phi) is 5.86. The quantitative estimate of drug-likeness (QED) is 0.783. The molecule has 1 atom stereocenters. The summed E-state index contributed by atoms with van der Waals surface area (Å²) < 4.78 is 0. The minimum absolute atomic E-state index is 0.383. The predicted molar refractivity (Wildman–Crippen MR) is 123 cm³/mol. The molecule has 1 unspecified atom stereocenters. The van der Waals surface area contributed by atoms with E-state index in [1.165, 1.54) is 49.8 Å². The lowest BCUT2D eigenvalue weighted by Crippen LogP contribution is -2.35. The summed E-state index contributed by atoms with van der Waals surface area (Å²) in [6.45, 7) is 5.00. The topological polar surface area (TPSA) is 69.2 Å². The van der Waals surface area contributed by atoms with Gasteiger partial charge in [-0.3, -0.25) is 0 Å². The average molecular weight is 408 g/mol. The Morgan fingerprint density at radius 3 is 2.13 bits per heavy atom. The number of hydrogen-bond donors (Lipinski definition) is 2. The summed E-state index contributed by atoms with van der Waals surface area (Å²) in [6.07, 6.45) is 9.73. The Morgan fingerprint density at radius 2 is 1.47 bits per heavy atom. The smallest absolute Gasteiger partial charge is 0.231 e. The number of aromatic nitrogens is 3. The van der Waals surface area contributed by atoms with Crippen LogP contribution in [-0.4, -0.2) is 53.7 Å². The summed E-state index contributed by atoms with van der Waals surface area (Å²) in [5.41, 5.74) is 2.67. The summed E-state index contributed by atoms with van der Waals surface area (Å²) in [5, 5.41) is 7.19. The lowest BCUT2D eigenvalue weighted by Gasteiger charge is -2.30. The molecule has 2 fully saturated rings. The maximum atomic E-state index is 4.88. The maximum Gasteiger partial charge on any atom is 0.231 e. The van der Waals surface area contributed by atoms with E-state index in [0.717, 1.165) is 57.5 Å². The van der Waals surface area contributed by atoms with Crippen LogP contribution in [0.15, 0.2) is 24.3 Å². The van der Waals surface area contributed by atoms with E-state index in [0.29, 0.717) is 12.0 Å². The molecule has 2 aromatic rings. The SMILES string of the molecule is c1ccc2c(c1)CCC(CNc1nc(N3CCCCC3)nc(N3CCCCC3)n1)N2. The van der Waals surface area contributed by atoms with Crippen LogP contribution < -0.4 is 20.4 Å². The van der Waals surface area contributed by atoms with Crippen LogP contribution in [0, 0.1) is 0 Å². The van der Waals surface area contributed by atoms with Gasteiger partial charge in [0.25, 0.3) is 0 Å². The molecule has 160 valence electrons. The molecule has 3 aliphatic heterocycles. The van der Waals surface area contributed by atoms with Crippen molar-refractivity contribution >= 4 is 23.5 Å². The number of para-hydroxylation sites is 1. The number of piperidine rings is 2. The van der Waals surface area contributed by atoms with Gasteiger partial charge in [-0.25, -0.2) is 0 Å². The molecule has 3 aliphatic rings. The highest BCUT2D eigenvalue weighted by atomic mass is 15.4. The molecule has 0 radical (unpaired) electrons. The van der Waals surface area contributed by atoms with Gasteiger partial charge in [0.1, 0.15) is 0 Å². The fourth-order valence-corrected chi connectivity index (χ4v) is 4.77. The minimum atomic E-state index is 0.383. The summed E-state index contributed by atoms with van der Waals surface area (Å²) in [7, 11) is 0. The normalized spacial score (nSPS) is 21.7. The van der Waals surface area contributed by atoms with Gasteiger partial charge in [0.05, 0.1) is 0 Å². The highest BCUT2D eigenvalue weighted by molar-refractivity contribution is 5.54. The molecule has 30 heavy (non-hydrogen) atoms. The molecule has 1 aromatic heterocycles. The van der Waals surface area contributed by atoms with Gasteiger partial charge in [0.2, 0.25) is 17.8 Å². The molecule has 0 spiro atoms. The Balaban J connectivity index is 1.31. The van der Waals surface area contributed by atoms with Crippen molar-refractivity contribution in [2.75, 3.05) is 53.2 Å². The van der Waals surface area contributed by atoms with Crippen molar-refractivity contribution in [3.63, 3.8) is 0 Å². The van der Waals surface area contributed by atoms with E-state index in [2.05, 4.69) is 44.7 Å².